The van der Waals surface area contributed by atoms with Gasteiger partial charge in [-0.1, -0.05) is 0 Å². The quantitative estimate of drug-likeness (QED) is 0.287. The fourth-order valence-electron chi connectivity index (χ4n) is 3.35. The zero-order valence-electron chi connectivity index (χ0n) is 18.0. The maximum absolute atomic E-state index is 12.5. The Hall–Kier alpha value is -0.960. The zero-order chi connectivity index (χ0) is 25.0. The molecule has 3 rings (SSSR count). The van der Waals surface area contributed by atoms with E-state index in [1.165, 1.54) is 7.11 Å². The van der Waals surface area contributed by atoms with Crippen LogP contribution in [0.4, 0.5) is 0 Å². The van der Waals surface area contributed by atoms with Crippen molar-refractivity contribution < 1.29 is 29.2 Å². The van der Waals surface area contributed by atoms with Crippen molar-refractivity contribution in [1.29, 1.82) is 0 Å². The number of amides is 1. The number of hydrogen-bond acceptors (Lipinski definition) is 8. The number of nitrogens with one attached hydrogen (secondary N) is 1. The van der Waals surface area contributed by atoms with Crippen LogP contribution in [0.25, 0.3) is 0 Å². The second-order valence-electron chi connectivity index (χ2n) is 7.48. The van der Waals surface area contributed by atoms with Gasteiger partial charge in [-0.2, -0.15) is 0 Å². The predicted octanol–water partition coefficient (Wildman–Crippen LogP) is 3.16. The Bertz CT molecular complexity index is 1020. The number of ether oxygens (including phenoxy) is 3. The van der Waals surface area contributed by atoms with Crippen molar-refractivity contribution in [1.82, 2.24) is 5.32 Å². The summed E-state index contributed by atoms with van der Waals surface area (Å²) in [5, 5.41) is 23.3. The molecule has 13 heteroatoms. The number of aliphatic hydroxyl groups is 2. The molecule has 9 nitrogen and oxygen atoms in total. The number of hydrogen-bond donors (Lipinski definition) is 4. The lowest BCUT2D eigenvalue weighted by Crippen LogP contribution is -2.48. The Morgan fingerprint density at radius 2 is 2.03 bits per heavy atom. The van der Waals surface area contributed by atoms with Crippen LogP contribution in [0.3, 0.4) is 0 Å². The van der Waals surface area contributed by atoms with Crippen LogP contribution < -0.4 is 15.8 Å². The van der Waals surface area contributed by atoms with Crippen LogP contribution in [0.5, 0.6) is 5.75 Å². The minimum Gasteiger partial charge on any atom is -0.495 e. The van der Waals surface area contributed by atoms with Gasteiger partial charge < -0.3 is 35.5 Å². The summed E-state index contributed by atoms with van der Waals surface area (Å²) in [6.07, 6.45) is 0.324. The molecule has 1 spiro atoms. The first kappa shape index (κ1) is 27.6. The van der Waals surface area contributed by atoms with E-state index >= 15 is 0 Å². The minimum absolute atomic E-state index is 0.0815. The van der Waals surface area contributed by atoms with E-state index in [1.807, 2.05) is 0 Å². The number of carbonyl (C=O) groups excluding carboxylic acids is 1. The number of methoxy groups -OCH3 is 1. The summed E-state index contributed by atoms with van der Waals surface area (Å²) >= 11 is 13.6. The molecule has 2 aliphatic rings. The van der Waals surface area contributed by atoms with E-state index in [1.54, 1.807) is 18.2 Å². The number of aliphatic hydroxyl groups excluding tert-OH is 2. The van der Waals surface area contributed by atoms with Crippen molar-refractivity contribution in [2.45, 2.75) is 24.2 Å². The molecule has 0 radical (unpaired) electrons. The average Bonchev–Trinajstić information content (AvgIpc) is 3.23. The first-order chi connectivity index (χ1) is 16.1. The van der Waals surface area contributed by atoms with Gasteiger partial charge in [0.05, 0.1) is 44.3 Å². The van der Waals surface area contributed by atoms with Crippen molar-refractivity contribution in [2.24, 2.45) is 10.7 Å². The molecule has 34 heavy (non-hydrogen) atoms. The summed E-state index contributed by atoms with van der Waals surface area (Å²) in [7, 11) is 1.49. The molecule has 1 aliphatic carbocycles. The van der Waals surface area contributed by atoms with Crippen LogP contribution in [0.15, 0.2) is 46.9 Å². The van der Waals surface area contributed by atoms with E-state index in [9.17, 15) is 15.0 Å². The number of nitrogens with two attached hydrogens (primary N) is 1. The van der Waals surface area contributed by atoms with E-state index in [2.05, 4.69) is 74.0 Å². The Balaban J connectivity index is 1.49. The maximum atomic E-state index is 12.5. The van der Waals surface area contributed by atoms with E-state index in [0.29, 0.717) is 54.6 Å². The molecule has 1 aliphatic heterocycles. The third-order valence-electron chi connectivity index (χ3n) is 5.14. The Kier molecular flexibility index (Phi) is 9.63. The van der Waals surface area contributed by atoms with Crippen molar-refractivity contribution in [3.05, 3.63) is 47.4 Å². The summed E-state index contributed by atoms with van der Waals surface area (Å²) in [5.74, 6) is 0.455. The maximum Gasteiger partial charge on any atom is 0.306 e. The van der Waals surface area contributed by atoms with Crippen molar-refractivity contribution in [3.63, 3.8) is 0 Å². The summed E-state index contributed by atoms with van der Waals surface area (Å²) < 4.78 is 19.2. The predicted molar refractivity (Wildman–Crippen MR) is 141 cm³/mol. The molecule has 1 aromatic carbocycles. The van der Waals surface area contributed by atoms with Crippen LogP contribution in [-0.4, -0.2) is 67.1 Å². The van der Waals surface area contributed by atoms with Gasteiger partial charge in [0.1, 0.15) is 17.6 Å². The monoisotopic (exact) mass is 729 g/mol. The SMILES string of the molecule is COC1=C(Br)C(O)C2(C=C1Br)CN=C(C(=O)NCCCOc1c(Br)cc(C(O)CN)cc1Br)O2. The molecule has 1 amide bonds. The molecule has 3 unspecified atom stereocenters. The Labute approximate surface area is 230 Å². The van der Waals surface area contributed by atoms with Gasteiger partial charge in [-0.25, -0.2) is 4.99 Å². The zero-order valence-corrected chi connectivity index (χ0v) is 24.3. The minimum atomic E-state index is -1.20. The van der Waals surface area contributed by atoms with Gasteiger partial charge in [0.25, 0.3) is 5.90 Å². The van der Waals surface area contributed by atoms with Crippen molar-refractivity contribution in [2.75, 3.05) is 33.4 Å². The van der Waals surface area contributed by atoms with Gasteiger partial charge in [0, 0.05) is 13.1 Å². The summed E-state index contributed by atoms with van der Waals surface area (Å²) in [6, 6.07) is 3.50. The summed E-state index contributed by atoms with van der Waals surface area (Å²) in [4.78, 5) is 16.7. The molecule has 3 atom stereocenters. The molecule has 0 saturated carbocycles. The van der Waals surface area contributed by atoms with Crippen LogP contribution in [0, 0.1) is 0 Å². The van der Waals surface area contributed by atoms with Gasteiger partial charge >= 0.3 is 5.91 Å². The lowest BCUT2D eigenvalue weighted by Gasteiger charge is -2.34. The van der Waals surface area contributed by atoms with Crippen LogP contribution in [0.2, 0.25) is 0 Å². The lowest BCUT2D eigenvalue weighted by atomic mass is 9.91. The molecule has 1 heterocycles. The molecule has 186 valence electrons. The van der Waals surface area contributed by atoms with Crippen LogP contribution in [-0.2, 0) is 14.3 Å². The van der Waals surface area contributed by atoms with Crippen molar-refractivity contribution >= 4 is 75.5 Å². The molecule has 0 saturated heterocycles. The number of rotatable bonds is 9. The number of carbonyl (C=O) groups is 1. The number of halogens is 4. The molecule has 5 N–H and O–H groups in total. The lowest BCUT2D eigenvalue weighted by molar-refractivity contribution is -0.117. The second kappa shape index (κ2) is 11.8. The number of nitrogens with zero attached hydrogens (tertiary/aromatic N) is 1. The van der Waals surface area contributed by atoms with Gasteiger partial charge in [-0.15, -0.1) is 0 Å². The Morgan fingerprint density at radius 1 is 1.35 bits per heavy atom. The van der Waals surface area contributed by atoms with Gasteiger partial charge in [0.15, 0.2) is 5.60 Å². The summed E-state index contributed by atoms with van der Waals surface area (Å²) in [6.45, 7) is 0.855. The van der Waals surface area contributed by atoms with E-state index in [-0.39, 0.29) is 19.0 Å². The molecular formula is C21H23Br4N3O6. The van der Waals surface area contributed by atoms with E-state index in [0.717, 1.165) is 0 Å². The Morgan fingerprint density at radius 3 is 2.65 bits per heavy atom. The summed E-state index contributed by atoms with van der Waals surface area (Å²) in [5.41, 5.74) is 4.98. The molecule has 0 aromatic heterocycles. The third-order valence-corrected chi connectivity index (χ3v) is 7.71. The number of aliphatic imine (C=N–C) groups is 1. The van der Waals surface area contributed by atoms with Crippen molar-refractivity contribution in [3.8, 4) is 5.75 Å². The highest BCUT2D eigenvalue weighted by Crippen LogP contribution is 2.42. The van der Waals surface area contributed by atoms with Crippen LogP contribution >= 0.6 is 63.7 Å². The highest BCUT2D eigenvalue weighted by atomic mass is 79.9. The van der Waals surface area contributed by atoms with Gasteiger partial charge in [-0.3, -0.25) is 4.79 Å². The normalized spacial score (nSPS) is 22.8. The fraction of sp³-hybridized carbons (Fsp3) is 0.429. The van der Waals surface area contributed by atoms with Gasteiger partial charge in [0.2, 0.25) is 0 Å². The largest absolute Gasteiger partial charge is 0.495 e. The van der Waals surface area contributed by atoms with E-state index < -0.39 is 23.7 Å². The first-order valence-corrected chi connectivity index (χ1v) is 13.3. The standard InChI is InChI=1S/C21H23Br4N3O6/c1-32-17-13(24)7-21(18(30)15(17)25)9-28-20(34-21)19(31)27-3-2-4-33-16-11(22)5-10(6-12(16)23)14(29)8-26/h5-7,14,18,29-30H,2-4,8-9,26H2,1H3,(H,27,31). The average molecular weight is 733 g/mol. The second-order valence-corrected chi connectivity index (χ2v) is 10.9. The molecular weight excluding hydrogens is 710 g/mol. The molecule has 0 fully saturated rings. The first-order valence-electron chi connectivity index (χ1n) is 10.2. The van der Waals surface area contributed by atoms with Crippen LogP contribution in [0.1, 0.15) is 18.1 Å². The highest BCUT2D eigenvalue weighted by Gasteiger charge is 2.49. The number of benzene rings is 1. The van der Waals surface area contributed by atoms with E-state index in [4.69, 9.17) is 19.9 Å². The van der Waals surface area contributed by atoms with Gasteiger partial charge in [-0.05, 0) is 93.9 Å². The topological polar surface area (TPSA) is 136 Å². The molecule has 0 bridgehead atoms. The number of allylic oxidation sites excluding steroid dienone is 1. The highest BCUT2D eigenvalue weighted by molar-refractivity contribution is 9.12. The third kappa shape index (κ3) is 5.88. The molecule has 1 aromatic rings. The fourth-order valence-corrected chi connectivity index (χ4v) is 6.59. The smallest absolute Gasteiger partial charge is 0.306 e.